The molecule has 22 heteroatoms. The van der Waals surface area contributed by atoms with Crippen molar-refractivity contribution in [3.8, 4) is 0 Å². The fourth-order valence-corrected chi connectivity index (χ4v) is 4.24. The predicted molar refractivity (Wildman–Crippen MR) is 212 cm³/mol. The topological polar surface area (TPSA) is 274 Å². The summed E-state index contributed by atoms with van der Waals surface area (Å²) in [5, 5.41) is 32.7. The van der Waals surface area contributed by atoms with Crippen LogP contribution in [0.4, 0.5) is 0 Å². The molecular formula is C32H82N4O15S3. The monoisotopic (exact) mass is 858 g/mol. The van der Waals surface area contributed by atoms with Gasteiger partial charge in [0, 0.05) is 45.2 Å². The normalized spacial score (nSPS) is 13.0. The summed E-state index contributed by atoms with van der Waals surface area (Å²) in [5.41, 5.74) is 0. The average molecular weight is 859 g/mol. The van der Waals surface area contributed by atoms with Crippen LogP contribution in [0.5, 0.6) is 0 Å². The van der Waals surface area contributed by atoms with Gasteiger partial charge in [0.25, 0.3) is 0 Å². The van der Waals surface area contributed by atoms with Crippen LogP contribution in [0.3, 0.4) is 0 Å². The van der Waals surface area contributed by atoms with Gasteiger partial charge in [0.15, 0.2) is 0 Å². The molecule has 0 fully saturated rings. The summed E-state index contributed by atoms with van der Waals surface area (Å²) in [6.45, 7) is 3.90. The maximum Gasteiger partial charge on any atom is 0.0999 e. The second kappa shape index (κ2) is 36.7. The summed E-state index contributed by atoms with van der Waals surface area (Å²) in [7, 11) is 12.8. The zero-order valence-electron chi connectivity index (χ0n) is 35.1. The van der Waals surface area contributed by atoms with Crippen molar-refractivity contribution < 1.29 is 82.3 Å². The highest BCUT2D eigenvalue weighted by Gasteiger charge is 2.16. The van der Waals surface area contributed by atoms with Gasteiger partial charge in [-0.15, -0.1) is 0 Å². The second-order valence-corrected chi connectivity index (χ2v) is 20.6. The second-order valence-electron chi connectivity index (χ2n) is 15.9. The van der Waals surface area contributed by atoms with E-state index >= 15 is 0 Å². The molecule has 338 valence electrons. The summed E-state index contributed by atoms with van der Waals surface area (Å²) in [6.07, 6.45) is 0.965. The first kappa shape index (κ1) is 68.0. The highest BCUT2D eigenvalue weighted by atomic mass is 32.2. The molecule has 54 heavy (non-hydrogen) atoms. The third-order valence-corrected chi connectivity index (χ3v) is 7.02. The lowest BCUT2D eigenvalue weighted by Gasteiger charge is -2.20. The van der Waals surface area contributed by atoms with E-state index in [9.17, 15) is 38.9 Å². The van der Waals surface area contributed by atoms with E-state index in [1.807, 2.05) is 6.92 Å². The van der Waals surface area contributed by atoms with E-state index < -0.39 is 53.0 Å². The first-order chi connectivity index (χ1) is 23.5. The van der Waals surface area contributed by atoms with Crippen molar-refractivity contribution in [3.63, 3.8) is 0 Å². The fourth-order valence-electron chi connectivity index (χ4n) is 2.31. The number of hydrogen-bond donors (Lipinski definition) is 4. The van der Waals surface area contributed by atoms with E-state index in [-0.39, 0.29) is 79.7 Å². The van der Waals surface area contributed by atoms with Crippen molar-refractivity contribution in [3.05, 3.63) is 0 Å². The van der Waals surface area contributed by atoms with Gasteiger partial charge in [-0.05, 0) is 18.8 Å². The summed E-state index contributed by atoms with van der Waals surface area (Å²) in [4.78, 5) is 1.51. The van der Waals surface area contributed by atoms with Crippen LogP contribution >= 0.6 is 0 Å². The Morgan fingerprint density at radius 1 is 0.611 bits per heavy atom. The van der Waals surface area contributed by atoms with Crippen molar-refractivity contribution in [1.82, 2.24) is 4.90 Å². The van der Waals surface area contributed by atoms with E-state index in [2.05, 4.69) is 84.6 Å². The van der Waals surface area contributed by atoms with Crippen LogP contribution in [-0.2, 0) is 39.8 Å². The van der Waals surface area contributed by atoms with Crippen molar-refractivity contribution in [2.24, 2.45) is 5.92 Å². The molecule has 0 spiro atoms. The molecular weight excluding hydrogens is 777 g/mol. The standard InChI is InChI=1S/C9H20O6S.C6H15NO5S.3C4H12N.C4H10O4S.CH4/c1-2-5-14-6-3-9(16(11,12)13)8-15-7-4-10;8-4-1-7(2-5-9)3-6-13(10,11)12;3*1-5(2,3)4;1-4(2-5)3-9(6,7)8;/h9-10H,2-8H2,1H3,(H,11,12,13);8-9H,1-6H2,(H,10,11,12);3*1-4H3;4-5H,2-3H2,1H3,(H,6,7,8);1H4/q;;3*+1;;/p-3. The van der Waals surface area contributed by atoms with Gasteiger partial charge in [-0.3, -0.25) is 4.90 Å². The van der Waals surface area contributed by atoms with Crippen LogP contribution in [0.1, 0.15) is 34.1 Å². The number of aliphatic hydroxyl groups is 4. The molecule has 0 saturated heterocycles. The SMILES string of the molecule is C.CC(CO)CS(=O)(=O)[O-].CCCOCCC(COCCO)S(=O)(=O)[O-].C[N+](C)(C)C.C[N+](C)(C)C.C[N+](C)(C)C.O=S(=O)([O-])CCN(CCO)CCO. The molecule has 19 nitrogen and oxygen atoms in total. The molecule has 0 aromatic rings. The Kier molecular flexibility index (Phi) is 46.2. The van der Waals surface area contributed by atoms with Gasteiger partial charge >= 0.3 is 0 Å². The zero-order valence-corrected chi connectivity index (χ0v) is 37.5. The van der Waals surface area contributed by atoms with Crippen LogP contribution in [0.15, 0.2) is 0 Å². The molecule has 0 rings (SSSR count). The largest absolute Gasteiger partial charge is 0.748 e. The first-order valence-corrected chi connectivity index (χ1v) is 21.6. The van der Waals surface area contributed by atoms with Crippen LogP contribution in [0, 0.1) is 5.92 Å². The Morgan fingerprint density at radius 2 is 1.00 bits per heavy atom. The minimum absolute atomic E-state index is 0. The highest BCUT2D eigenvalue weighted by molar-refractivity contribution is 7.86. The Morgan fingerprint density at radius 3 is 1.24 bits per heavy atom. The number of hydrogen-bond acceptors (Lipinski definition) is 16. The van der Waals surface area contributed by atoms with Crippen LogP contribution in [0.2, 0.25) is 0 Å². The average Bonchev–Trinajstić information content (AvgIpc) is 2.89. The van der Waals surface area contributed by atoms with Crippen molar-refractivity contribution in [2.75, 3.05) is 169 Å². The predicted octanol–water partition coefficient (Wildman–Crippen LogP) is -1.69. The molecule has 2 unspecified atom stereocenters. The molecule has 4 N–H and O–H groups in total. The van der Waals surface area contributed by atoms with Crippen molar-refractivity contribution >= 4 is 30.4 Å². The van der Waals surface area contributed by atoms with Gasteiger partial charge < -0.3 is 57.0 Å². The minimum Gasteiger partial charge on any atom is -0.748 e. The van der Waals surface area contributed by atoms with E-state index in [0.29, 0.717) is 6.61 Å². The molecule has 0 bridgehead atoms. The van der Waals surface area contributed by atoms with Crippen molar-refractivity contribution in [2.45, 2.75) is 39.4 Å². The number of ether oxygens (including phenoxy) is 2. The lowest BCUT2D eigenvalue weighted by atomic mass is 10.2. The number of nitrogens with zero attached hydrogens (tertiary/aromatic N) is 4. The van der Waals surface area contributed by atoms with Crippen LogP contribution in [-0.4, -0.2) is 252 Å². The molecule has 0 aliphatic heterocycles. The molecule has 0 radical (unpaired) electrons. The van der Waals surface area contributed by atoms with Crippen molar-refractivity contribution in [1.29, 1.82) is 0 Å². The summed E-state index contributed by atoms with van der Waals surface area (Å²) in [5.74, 6) is -1.43. The van der Waals surface area contributed by atoms with Crippen LogP contribution < -0.4 is 0 Å². The quantitative estimate of drug-likeness (QED) is 0.0604. The smallest absolute Gasteiger partial charge is 0.0999 e. The van der Waals surface area contributed by atoms with E-state index in [1.54, 1.807) is 0 Å². The van der Waals surface area contributed by atoms with Gasteiger partial charge in [0.2, 0.25) is 0 Å². The van der Waals surface area contributed by atoms with Gasteiger partial charge in [0.05, 0.1) is 159 Å². The molecule has 0 aromatic carbocycles. The molecule has 0 aromatic heterocycles. The van der Waals surface area contributed by atoms with Gasteiger partial charge in [-0.25, -0.2) is 25.3 Å². The first-order valence-electron chi connectivity index (χ1n) is 17.0. The highest BCUT2D eigenvalue weighted by Crippen LogP contribution is 2.05. The molecule has 2 atom stereocenters. The Hall–Kier alpha value is -0.670. The lowest BCUT2D eigenvalue weighted by Crippen LogP contribution is -2.34. The summed E-state index contributed by atoms with van der Waals surface area (Å²) in [6, 6.07) is 0. The maximum atomic E-state index is 10.8. The van der Waals surface area contributed by atoms with Crippen LogP contribution in [0.25, 0.3) is 0 Å². The van der Waals surface area contributed by atoms with E-state index in [1.165, 1.54) is 11.8 Å². The number of quaternary nitrogens is 3. The van der Waals surface area contributed by atoms with Gasteiger partial charge in [0.1, 0.15) is 0 Å². The third kappa shape index (κ3) is 104. The Bertz CT molecular complexity index is 1070. The summed E-state index contributed by atoms with van der Waals surface area (Å²) < 4.78 is 106. The molecule has 0 saturated carbocycles. The fraction of sp³-hybridized carbons (Fsp3) is 1.00. The van der Waals surface area contributed by atoms with Gasteiger partial charge in [-0.2, -0.15) is 0 Å². The number of rotatable bonds is 20. The summed E-state index contributed by atoms with van der Waals surface area (Å²) >= 11 is 0. The van der Waals surface area contributed by atoms with E-state index in [0.717, 1.165) is 19.9 Å². The minimum atomic E-state index is -4.37. The molecule has 0 aliphatic carbocycles. The Labute approximate surface area is 330 Å². The third-order valence-electron chi connectivity index (χ3n) is 4.17. The molecule has 0 amide bonds. The van der Waals surface area contributed by atoms with Gasteiger partial charge in [-0.1, -0.05) is 21.3 Å². The van der Waals surface area contributed by atoms with E-state index in [4.69, 9.17) is 29.9 Å². The number of aliphatic hydroxyl groups excluding tert-OH is 4. The lowest BCUT2D eigenvalue weighted by molar-refractivity contribution is -0.849. The molecule has 0 heterocycles. The Balaban J connectivity index is -0.000000104. The zero-order chi connectivity index (χ0) is 43.8. The molecule has 0 aliphatic rings. The maximum absolute atomic E-state index is 10.8.